The molecule has 1 fully saturated rings. The molecule has 0 spiro atoms. The second-order valence-electron chi connectivity index (χ2n) is 7.75. The van der Waals surface area contributed by atoms with E-state index in [1.165, 1.54) is 0 Å². The molecule has 4 amide bonds. The highest BCUT2D eigenvalue weighted by Crippen LogP contribution is 2.28. The maximum Gasteiger partial charge on any atom is 0.325 e. The second-order valence-corrected chi connectivity index (χ2v) is 8.62. The smallest absolute Gasteiger partial charge is 0.325 e. The van der Waals surface area contributed by atoms with Crippen molar-refractivity contribution in [2.24, 2.45) is 0 Å². The highest BCUT2D eigenvalue weighted by molar-refractivity contribution is 7.15. The number of hydrogen-bond donors (Lipinski definition) is 2. The van der Waals surface area contributed by atoms with E-state index < -0.39 is 17.5 Å². The number of fused-ring (bicyclic) bond motifs is 1. The zero-order valence-electron chi connectivity index (χ0n) is 17.6. The quantitative estimate of drug-likeness (QED) is 0.521. The second kappa shape index (κ2) is 8.50. The van der Waals surface area contributed by atoms with Crippen LogP contribution in [0.15, 0.2) is 42.0 Å². The predicted molar refractivity (Wildman–Crippen MR) is 120 cm³/mol. The maximum atomic E-state index is 12.9. The number of rotatable bonds is 8. The topological polar surface area (TPSA) is 95.8 Å². The summed E-state index contributed by atoms with van der Waals surface area (Å²) in [5.74, 6) is -0.728. The molecule has 3 aromatic rings. The molecule has 2 N–H and O–H groups in total. The van der Waals surface area contributed by atoms with Gasteiger partial charge in [0.1, 0.15) is 12.1 Å². The molecule has 0 unspecified atom stereocenters. The number of nitrogens with one attached hydrogen (secondary N) is 2. The molecule has 3 heterocycles. The number of imidazole rings is 1. The summed E-state index contributed by atoms with van der Waals surface area (Å²) in [4.78, 5) is 44.3. The van der Waals surface area contributed by atoms with E-state index in [1.807, 2.05) is 48.2 Å². The molecule has 1 aliphatic heterocycles. The van der Waals surface area contributed by atoms with Gasteiger partial charge in [-0.25, -0.2) is 9.78 Å². The Morgan fingerprint density at radius 3 is 2.52 bits per heavy atom. The van der Waals surface area contributed by atoms with Gasteiger partial charge in [-0.1, -0.05) is 38.8 Å². The summed E-state index contributed by atoms with van der Waals surface area (Å²) in [7, 11) is 0. The molecular formula is C22H25N5O3S. The monoisotopic (exact) mass is 439 g/mol. The van der Waals surface area contributed by atoms with Crippen LogP contribution in [0.4, 0.5) is 10.5 Å². The number of thiazole rings is 1. The van der Waals surface area contributed by atoms with Crippen molar-refractivity contribution >= 4 is 39.8 Å². The van der Waals surface area contributed by atoms with Crippen molar-refractivity contribution in [3.05, 3.63) is 42.0 Å². The molecule has 0 radical (unpaired) electrons. The Hall–Kier alpha value is -3.20. The number of aromatic nitrogens is 2. The molecule has 2 aromatic heterocycles. The van der Waals surface area contributed by atoms with Gasteiger partial charge < -0.3 is 10.6 Å². The number of hydrogen-bond acceptors (Lipinski definition) is 5. The first-order valence-electron chi connectivity index (χ1n) is 10.4. The summed E-state index contributed by atoms with van der Waals surface area (Å²) in [5.41, 5.74) is 1.50. The molecule has 4 rings (SSSR count). The Morgan fingerprint density at radius 1 is 1.16 bits per heavy atom. The van der Waals surface area contributed by atoms with E-state index in [0.29, 0.717) is 18.5 Å². The summed E-state index contributed by atoms with van der Waals surface area (Å²) in [6.45, 7) is 3.64. The average Bonchev–Trinajstić information content (AvgIpc) is 3.39. The molecular weight excluding hydrogens is 414 g/mol. The standard InChI is InChI=1S/C22H25N5O3S/c1-3-9-22(10-4-2)19(29)27(20(30)25-22)14-18(28)23-16-7-5-15(6-8-16)17-13-26-11-12-31-21(26)24-17/h5-8,11-13H,3-4,9-10,14H2,1-2H3,(H,23,28)(H,25,30). The van der Waals surface area contributed by atoms with Gasteiger partial charge in [-0.3, -0.25) is 18.9 Å². The number of amides is 4. The van der Waals surface area contributed by atoms with Crippen molar-refractivity contribution < 1.29 is 14.4 Å². The molecule has 1 saturated heterocycles. The van der Waals surface area contributed by atoms with Crippen LogP contribution in [0.3, 0.4) is 0 Å². The number of anilines is 1. The van der Waals surface area contributed by atoms with Crippen molar-refractivity contribution in [1.29, 1.82) is 0 Å². The molecule has 1 aromatic carbocycles. The minimum absolute atomic E-state index is 0.307. The van der Waals surface area contributed by atoms with Crippen molar-refractivity contribution in [1.82, 2.24) is 19.6 Å². The number of carbonyl (C=O) groups excluding carboxylic acids is 3. The first-order valence-corrected chi connectivity index (χ1v) is 11.3. The van der Waals surface area contributed by atoms with Crippen LogP contribution >= 0.6 is 11.3 Å². The molecule has 31 heavy (non-hydrogen) atoms. The van der Waals surface area contributed by atoms with Gasteiger partial charge in [0.15, 0.2) is 4.96 Å². The lowest BCUT2D eigenvalue weighted by Gasteiger charge is -2.25. The highest BCUT2D eigenvalue weighted by Gasteiger charge is 2.50. The largest absolute Gasteiger partial charge is 0.325 e. The third kappa shape index (κ3) is 4.05. The maximum absolute atomic E-state index is 12.9. The fraction of sp³-hybridized carbons (Fsp3) is 0.364. The van der Waals surface area contributed by atoms with Crippen molar-refractivity contribution in [3.63, 3.8) is 0 Å². The minimum atomic E-state index is -0.888. The first kappa shape index (κ1) is 21.0. The normalized spacial score (nSPS) is 15.5. The van der Waals surface area contributed by atoms with Gasteiger partial charge in [0.2, 0.25) is 5.91 Å². The van der Waals surface area contributed by atoms with Gasteiger partial charge in [0, 0.05) is 29.0 Å². The lowest BCUT2D eigenvalue weighted by molar-refractivity contribution is -0.134. The van der Waals surface area contributed by atoms with Gasteiger partial charge in [0.05, 0.1) is 5.69 Å². The third-order valence-corrected chi connectivity index (χ3v) is 6.23. The van der Waals surface area contributed by atoms with E-state index in [-0.39, 0.29) is 12.5 Å². The van der Waals surface area contributed by atoms with E-state index in [4.69, 9.17) is 0 Å². The predicted octanol–water partition coefficient (Wildman–Crippen LogP) is 3.89. The Bertz CT molecular complexity index is 1080. The number of imide groups is 1. The fourth-order valence-electron chi connectivity index (χ4n) is 4.07. The van der Waals surface area contributed by atoms with E-state index in [0.717, 1.165) is 34.0 Å². The average molecular weight is 440 g/mol. The molecule has 162 valence electrons. The third-order valence-electron chi connectivity index (χ3n) is 5.46. The fourth-order valence-corrected chi connectivity index (χ4v) is 4.77. The molecule has 8 nitrogen and oxygen atoms in total. The first-order chi connectivity index (χ1) is 15.0. The summed E-state index contributed by atoms with van der Waals surface area (Å²) in [5, 5.41) is 7.56. The van der Waals surface area contributed by atoms with E-state index in [2.05, 4.69) is 15.6 Å². The Balaban J connectivity index is 1.41. The van der Waals surface area contributed by atoms with Crippen LogP contribution in [-0.2, 0) is 9.59 Å². The van der Waals surface area contributed by atoms with Crippen LogP contribution < -0.4 is 10.6 Å². The van der Waals surface area contributed by atoms with Crippen LogP contribution in [0, 0.1) is 0 Å². The summed E-state index contributed by atoms with van der Waals surface area (Å²) in [6, 6.07) is 6.82. The van der Waals surface area contributed by atoms with Gasteiger partial charge in [-0.05, 0) is 25.0 Å². The molecule has 0 atom stereocenters. The van der Waals surface area contributed by atoms with Crippen molar-refractivity contribution in [2.75, 3.05) is 11.9 Å². The van der Waals surface area contributed by atoms with Crippen LogP contribution in [0.1, 0.15) is 39.5 Å². The summed E-state index contributed by atoms with van der Waals surface area (Å²) in [6.07, 6.45) is 6.58. The lowest BCUT2D eigenvalue weighted by Crippen LogP contribution is -2.47. The van der Waals surface area contributed by atoms with Gasteiger partial charge in [-0.2, -0.15) is 0 Å². The van der Waals surface area contributed by atoms with E-state index in [9.17, 15) is 14.4 Å². The number of urea groups is 1. The number of carbonyl (C=O) groups is 3. The zero-order valence-corrected chi connectivity index (χ0v) is 18.4. The Kier molecular flexibility index (Phi) is 5.77. The van der Waals surface area contributed by atoms with Crippen LogP contribution in [0.25, 0.3) is 16.2 Å². The lowest BCUT2D eigenvalue weighted by atomic mass is 9.88. The van der Waals surface area contributed by atoms with E-state index >= 15 is 0 Å². The Labute approximate surface area is 184 Å². The SMILES string of the molecule is CCCC1(CCC)NC(=O)N(CC(=O)Nc2ccc(-c3cn4ccsc4n3)cc2)C1=O. The summed E-state index contributed by atoms with van der Waals surface area (Å²) >= 11 is 1.57. The van der Waals surface area contributed by atoms with Crippen LogP contribution in [-0.4, -0.2) is 44.2 Å². The van der Waals surface area contributed by atoms with Crippen LogP contribution in [0.5, 0.6) is 0 Å². The number of benzene rings is 1. The van der Waals surface area contributed by atoms with Gasteiger partial charge >= 0.3 is 6.03 Å². The van der Waals surface area contributed by atoms with Crippen LogP contribution in [0.2, 0.25) is 0 Å². The molecule has 1 aliphatic rings. The molecule has 0 aliphatic carbocycles. The zero-order chi connectivity index (χ0) is 22.0. The Morgan fingerprint density at radius 2 is 1.87 bits per heavy atom. The summed E-state index contributed by atoms with van der Waals surface area (Å²) < 4.78 is 1.96. The number of nitrogens with zero attached hydrogens (tertiary/aromatic N) is 3. The highest BCUT2D eigenvalue weighted by atomic mass is 32.1. The van der Waals surface area contributed by atoms with Crippen molar-refractivity contribution in [2.45, 2.75) is 45.1 Å². The van der Waals surface area contributed by atoms with Crippen molar-refractivity contribution in [3.8, 4) is 11.3 Å². The van der Waals surface area contributed by atoms with Gasteiger partial charge in [0.25, 0.3) is 5.91 Å². The van der Waals surface area contributed by atoms with E-state index in [1.54, 1.807) is 23.5 Å². The van der Waals surface area contributed by atoms with Gasteiger partial charge in [-0.15, -0.1) is 11.3 Å². The molecule has 0 saturated carbocycles. The molecule has 0 bridgehead atoms. The molecule has 9 heteroatoms. The minimum Gasteiger partial charge on any atom is -0.325 e.